The molecule has 0 aliphatic carbocycles. The molecule has 0 fully saturated rings. The Morgan fingerprint density at radius 1 is 0.700 bits per heavy atom. The topological polar surface area (TPSA) is 55.8 Å². The zero-order chi connectivity index (χ0) is 32.0. The third-order valence-corrected chi connectivity index (χ3v) is 4.94. The molecule has 0 unspecified atom stereocenters. The average molecular weight is 628 g/mol. The van der Waals surface area contributed by atoms with E-state index in [2.05, 4.69) is 9.47 Å². The van der Waals surface area contributed by atoms with Crippen LogP contribution in [-0.4, -0.2) is 71.9 Å². The smallest absolute Gasteiger partial charge is 0.460 e. The van der Waals surface area contributed by atoms with E-state index in [9.17, 15) is 84.5 Å². The van der Waals surface area contributed by atoms with Gasteiger partial charge in [0.25, 0.3) is 0 Å². The van der Waals surface area contributed by atoms with Crippen LogP contribution in [0.4, 0.5) is 74.6 Å². The van der Waals surface area contributed by atoms with E-state index >= 15 is 0 Å². The lowest BCUT2D eigenvalue weighted by Crippen LogP contribution is -2.74. The van der Waals surface area contributed by atoms with Crippen molar-refractivity contribution in [1.82, 2.24) is 0 Å². The number of carbonyl (C=O) groups excluding carboxylic acids is 1. The Morgan fingerprint density at radius 3 is 1.52 bits per heavy atom. The maximum Gasteiger partial charge on any atom is 0.460 e. The molecule has 0 saturated carbocycles. The highest BCUT2D eigenvalue weighted by molar-refractivity contribution is 5.92. The second kappa shape index (κ2) is 10.5. The highest BCUT2D eigenvalue weighted by Crippen LogP contribution is 2.64. The average Bonchev–Trinajstić information content (AvgIpc) is 2.77. The van der Waals surface area contributed by atoms with Crippen LogP contribution in [-0.2, 0) is 4.74 Å². The molecule has 0 amide bonds. The van der Waals surface area contributed by atoms with Gasteiger partial charge in [-0.3, -0.25) is 0 Å². The molecule has 40 heavy (non-hydrogen) atoms. The van der Waals surface area contributed by atoms with Gasteiger partial charge < -0.3 is 14.6 Å². The van der Waals surface area contributed by atoms with E-state index in [-0.39, 0.29) is 6.61 Å². The van der Waals surface area contributed by atoms with Crippen LogP contribution in [0.15, 0.2) is 18.2 Å². The molecule has 1 N–H and O–H groups in total. The number of alkyl halides is 17. The van der Waals surface area contributed by atoms with Crippen LogP contribution >= 0.6 is 0 Å². The Bertz CT molecular complexity index is 1070. The first-order valence-electron chi connectivity index (χ1n) is 9.92. The molecular formula is C19H13F17O4. The minimum absolute atomic E-state index is 0.183. The van der Waals surface area contributed by atoms with E-state index in [4.69, 9.17) is 0 Å². The molecule has 1 aromatic carbocycles. The van der Waals surface area contributed by atoms with Crippen molar-refractivity contribution in [2.45, 2.75) is 61.0 Å². The van der Waals surface area contributed by atoms with Gasteiger partial charge >= 0.3 is 53.6 Å². The van der Waals surface area contributed by atoms with E-state index in [1.165, 1.54) is 6.92 Å². The molecule has 0 saturated heterocycles. The van der Waals surface area contributed by atoms with Crippen molar-refractivity contribution in [2.24, 2.45) is 0 Å². The van der Waals surface area contributed by atoms with Gasteiger partial charge in [-0.2, -0.15) is 74.6 Å². The Kier molecular flexibility index (Phi) is 9.22. The van der Waals surface area contributed by atoms with Crippen LogP contribution in [0.3, 0.4) is 0 Å². The maximum absolute atomic E-state index is 13.9. The number of carbonyl (C=O) groups is 1. The minimum atomic E-state index is -8.70. The summed E-state index contributed by atoms with van der Waals surface area (Å²) in [5.41, 5.74) is -0.554. The summed E-state index contributed by atoms with van der Waals surface area (Å²) in [6.45, 7) is -0.731. The van der Waals surface area contributed by atoms with Crippen molar-refractivity contribution in [2.75, 3.05) is 13.2 Å². The first-order chi connectivity index (χ1) is 17.6. The lowest BCUT2D eigenvalue weighted by Gasteiger charge is -2.42. The van der Waals surface area contributed by atoms with Crippen LogP contribution in [0.5, 0.6) is 11.5 Å². The van der Waals surface area contributed by atoms with Crippen LogP contribution < -0.4 is 4.74 Å². The predicted octanol–water partition coefficient (Wildman–Crippen LogP) is 7.35. The largest absolute Gasteiger partial charge is 0.507 e. The summed E-state index contributed by atoms with van der Waals surface area (Å²) in [6.07, 6.45) is -10.6. The van der Waals surface area contributed by atoms with Gasteiger partial charge in [-0.15, -0.1) is 0 Å². The molecule has 4 nitrogen and oxygen atoms in total. The number of rotatable bonds is 12. The van der Waals surface area contributed by atoms with Crippen LogP contribution in [0.1, 0.15) is 23.7 Å². The summed E-state index contributed by atoms with van der Waals surface area (Å²) in [7, 11) is 0. The van der Waals surface area contributed by atoms with Gasteiger partial charge in [-0.25, -0.2) is 4.79 Å². The standard InChI is InChI=1S/C19H13F17O4/c1-2-39-11(38)9-4-3-8(7-10(9)37)40-6-5-12(20,21)13(22,23)14(24,25)15(26,27)16(28,29)17(30,31)18(32,33)19(34,35)36/h3-4,7,37H,2,5-6H2,1H3. The summed E-state index contributed by atoms with van der Waals surface area (Å²) >= 11 is 0. The third kappa shape index (κ3) is 5.38. The molecule has 1 aromatic rings. The normalized spacial score (nSPS) is 14.8. The number of hydrogen-bond acceptors (Lipinski definition) is 4. The fraction of sp³-hybridized carbons (Fsp3) is 0.632. The predicted molar refractivity (Wildman–Crippen MR) is 94.9 cm³/mol. The second-order valence-corrected chi connectivity index (χ2v) is 7.65. The quantitative estimate of drug-likeness (QED) is 0.195. The van der Waals surface area contributed by atoms with Crippen molar-refractivity contribution >= 4 is 5.97 Å². The molecule has 0 aliphatic rings. The summed E-state index contributed by atoms with van der Waals surface area (Å²) in [5.74, 6) is -59.8. The zero-order valence-corrected chi connectivity index (χ0v) is 19.0. The number of halogens is 17. The first kappa shape index (κ1) is 35.1. The molecular weight excluding hydrogens is 615 g/mol. The Balaban J connectivity index is 3.28. The van der Waals surface area contributed by atoms with Crippen molar-refractivity contribution in [3.63, 3.8) is 0 Å². The third-order valence-electron chi connectivity index (χ3n) is 4.94. The van der Waals surface area contributed by atoms with Gasteiger partial charge in [0.05, 0.1) is 19.6 Å². The molecule has 0 aromatic heterocycles. The van der Waals surface area contributed by atoms with E-state index in [0.717, 1.165) is 0 Å². The van der Waals surface area contributed by atoms with Crippen LogP contribution in [0, 0.1) is 0 Å². The van der Waals surface area contributed by atoms with Gasteiger partial charge in [0, 0.05) is 6.07 Å². The fourth-order valence-corrected chi connectivity index (χ4v) is 2.63. The van der Waals surface area contributed by atoms with Crippen molar-refractivity contribution in [1.29, 1.82) is 0 Å². The lowest BCUT2D eigenvalue weighted by molar-refractivity contribution is -0.461. The first-order valence-corrected chi connectivity index (χ1v) is 9.92. The maximum atomic E-state index is 13.9. The fourth-order valence-electron chi connectivity index (χ4n) is 2.63. The molecule has 0 aliphatic heterocycles. The number of ether oxygens (including phenoxy) is 2. The van der Waals surface area contributed by atoms with Gasteiger partial charge in [0.2, 0.25) is 0 Å². The number of hydrogen-bond donors (Lipinski definition) is 1. The van der Waals surface area contributed by atoms with Gasteiger partial charge in [-0.1, -0.05) is 0 Å². The number of phenolic OH excluding ortho intramolecular Hbond substituents is 1. The minimum Gasteiger partial charge on any atom is -0.507 e. The van der Waals surface area contributed by atoms with E-state index in [1.54, 1.807) is 0 Å². The Labute approximate surface area is 210 Å². The molecule has 232 valence electrons. The van der Waals surface area contributed by atoms with E-state index in [0.29, 0.717) is 18.2 Å². The Hall–Kier alpha value is -2.90. The number of esters is 1. The molecule has 0 heterocycles. The Morgan fingerprint density at radius 2 is 1.12 bits per heavy atom. The highest BCUT2D eigenvalue weighted by Gasteiger charge is 2.95. The van der Waals surface area contributed by atoms with Gasteiger partial charge in [0.1, 0.15) is 17.1 Å². The summed E-state index contributed by atoms with van der Waals surface area (Å²) in [5, 5.41) is 9.63. The van der Waals surface area contributed by atoms with E-state index < -0.39 is 83.7 Å². The van der Waals surface area contributed by atoms with Gasteiger partial charge in [0.15, 0.2) is 0 Å². The lowest BCUT2D eigenvalue weighted by atomic mass is 9.88. The number of aromatic hydroxyl groups is 1. The van der Waals surface area contributed by atoms with Crippen molar-refractivity contribution in [3.8, 4) is 11.5 Å². The summed E-state index contributed by atoms with van der Waals surface area (Å²) < 4.78 is 234. The number of phenols is 1. The van der Waals surface area contributed by atoms with Crippen molar-refractivity contribution in [3.05, 3.63) is 23.8 Å². The summed E-state index contributed by atoms with van der Waals surface area (Å²) in [6, 6.07) is 1.84. The number of benzene rings is 1. The highest BCUT2D eigenvalue weighted by atomic mass is 19.4. The molecule has 1 rings (SSSR count). The van der Waals surface area contributed by atoms with Gasteiger partial charge in [-0.05, 0) is 19.1 Å². The van der Waals surface area contributed by atoms with Crippen LogP contribution in [0.25, 0.3) is 0 Å². The molecule has 0 spiro atoms. The molecule has 21 heteroatoms. The van der Waals surface area contributed by atoms with Crippen LogP contribution in [0.2, 0.25) is 0 Å². The zero-order valence-electron chi connectivity index (χ0n) is 19.0. The van der Waals surface area contributed by atoms with Crippen molar-refractivity contribution < 1.29 is 94.0 Å². The molecule has 0 radical (unpaired) electrons. The molecule has 0 bridgehead atoms. The summed E-state index contributed by atoms with van der Waals surface area (Å²) in [4.78, 5) is 11.5. The SMILES string of the molecule is CCOC(=O)c1ccc(OCCC(F)(F)C(F)(F)C(F)(F)C(F)(F)C(F)(F)C(F)(F)C(F)(F)C(F)(F)F)cc1O. The van der Waals surface area contributed by atoms with E-state index in [1.807, 2.05) is 0 Å². The second-order valence-electron chi connectivity index (χ2n) is 7.65. The monoisotopic (exact) mass is 628 g/mol. The molecule has 0 atom stereocenters.